The van der Waals surface area contributed by atoms with Gasteiger partial charge < -0.3 is 15.5 Å². The lowest BCUT2D eigenvalue weighted by Gasteiger charge is -2.19. The van der Waals surface area contributed by atoms with Crippen LogP contribution in [0, 0.1) is 10.1 Å². The number of hydrogen-bond acceptors (Lipinski definition) is 5. The first-order valence-corrected chi connectivity index (χ1v) is 6.26. The van der Waals surface area contributed by atoms with Crippen molar-refractivity contribution in [2.75, 3.05) is 26.5 Å². The average molecular weight is 294 g/mol. The Labute approximate surface area is 122 Å². The van der Waals surface area contributed by atoms with Crippen molar-refractivity contribution in [3.05, 3.63) is 33.9 Å². The van der Waals surface area contributed by atoms with Crippen LogP contribution in [0.3, 0.4) is 0 Å². The Hall–Kier alpha value is -2.64. The molecule has 0 radical (unpaired) electrons. The van der Waals surface area contributed by atoms with Crippen molar-refractivity contribution in [1.82, 2.24) is 10.2 Å². The van der Waals surface area contributed by atoms with E-state index < -0.39 is 16.9 Å². The van der Waals surface area contributed by atoms with Gasteiger partial charge in [-0.3, -0.25) is 19.7 Å². The number of nitro groups is 1. The molecule has 0 aliphatic rings. The fraction of sp³-hybridized carbons (Fsp3) is 0.385. The molecule has 1 aromatic carbocycles. The van der Waals surface area contributed by atoms with Crippen LogP contribution in [0.4, 0.5) is 11.4 Å². The normalized spacial score (nSPS) is 11.4. The molecule has 114 valence electrons. The van der Waals surface area contributed by atoms with E-state index in [2.05, 4.69) is 10.6 Å². The maximum Gasteiger partial charge on any atom is 0.293 e. The molecule has 8 heteroatoms. The Kier molecular flexibility index (Phi) is 5.23. The van der Waals surface area contributed by atoms with Gasteiger partial charge in [0.25, 0.3) is 11.6 Å². The van der Waals surface area contributed by atoms with Crippen molar-refractivity contribution in [2.24, 2.45) is 0 Å². The van der Waals surface area contributed by atoms with Crippen LogP contribution in [0.5, 0.6) is 0 Å². The van der Waals surface area contributed by atoms with Crippen LogP contribution in [0.2, 0.25) is 0 Å². The number of hydrogen-bond donors (Lipinski definition) is 2. The predicted molar refractivity (Wildman–Crippen MR) is 78.3 cm³/mol. The van der Waals surface area contributed by atoms with Crippen molar-refractivity contribution in [1.29, 1.82) is 0 Å². The first-order chi connectivity index (χ1) is 9.77. The highest BCUT2D eigenvalue weighted by Crippen LogP contribution is 2.26. The number of carbonyl (C=O) groups is 2. The van der Waals surface area contributed by atoms with Gasteiger partial charge in [0, 0.05) is 32.8 Å². The summed E-state index contributed by atoms with van der Waals surface area (Å²) in [6.07, 6.45) is 0. The summed E-state index contributed by atoms with van der Waals surface area (Å²) in [7, 11) is 4.64. The first-order valence-electron chi connectivity index (χ1n) is 6.26. The molecule has 0 unspecified atom stereocenters. The topological polar surface area (TPSA) is 105 Å². The second kappa shape index (κ2) is 6.69. The smallest absolute Gasteiger partial charge is 0.293 e. The first kappa shape index (κ1) is 16.4. The molecule has 8 nitrogen and oxygen atoms in total. The fourth-order valence-electron chi connectivity index (χ4n) is 1.77. The van der Waals surface area contributed by atoms with E-state index >= 15 is 0 Å². The van der Waals surface area contributed by atoms with Crippen LogP contribution >= 0.6 is 0 Å². The van der Waals surface area contributed by atoms with Crippen LogP contribution in [0.1, 0.15) is 17.3 Å². The summed E-state index contributed by atoms with van der Waals surface area (Å²) in [4.78, 5) is 35.2. The highest BCUT2D eigenvalue weighted by Gasteiger charge is 2.21. The summed E-state index contributed by atoms with van der Waals surface area (Å²) in [5.41, 5.74) is 0.117. The lowest BCUT2D eigenvalue weighted by atomic mass is 10.1. The number of carbonyl (C=O) groups excluding carboxylic acids is 2. The largest absolute Gasteiger partial charge is 0.368 e. The number of benzene rings is 1. The third-order valence-corrected chi connectivity index (χ3v) is 2.87. The predicted octanol–water partition coefficient (Wildman–Crippen LogP) is 0.843. The Morgan fingerprint density at radius 3 is 2.43 bits per heavy atom. The standard InChI is InChI=1S/C13H18N4O4/c1-8(13(19)16(3)4)15-10-6-5-9(12(18)14-2)7-11(10)17(20)21/h5-8,15H,1-4H3,(H,14,18)/t8-/m0/s1. The SMILES string of the molecule is CNC(=O)c1ccc(N[C@@H](C)C(=O)N(C)C)c([N+](=O)[O-])c1. The molecule has 2 N–H and O–H groups in total. The number of anilines is 1. The minimum absolute atomic E-state index is 0.182. The molecule has 0 saturated heterocycles. The molecule has 0 saturated carbocycles. The third kappa shape index (κ3) is 3.91. The molecule has 0 aliphatic carbocycles. The molecular formula is C13H18N4O4. The highest BCUT2D eigenvalue weighted by molar-refractivity contribution is 5.95. The molecule has 21 heavy (non-hydrogen) atoms. The van der Waals surface area contributed by atoms with Crippen LogP contribution in [-0.2, 0) is 4.79 Å². The maximum atomic E-state index is 11.8. The average Bonchev–Trinajstić information content (AvgIpc) is 2.45. The summed E-state index contributed by atoms with van der Waals surface area (Å²) < 4.78 is 0. The Morgan fingerprint density at radius 1 is 1.33 bits per heavy atom. The molecule has 1 atom stereocenters. The van der Waals surface area contributed by atoms with Gasteiger partial charge in [-0.15, -0.1) is 0 Å². The van der Waals surface area contributed by atoms with E-state index in [0.29, 0.717) is 0 Å². The zero-order chi connectivity index (χ0) is 16.2. The van der Waals surface area contributed by atoms with Gasteiger partial charge in [-0.2, -0.15) is 0 Å². The monoisotopic (exact) mass is 294 g/mol. The molecule has 2 amide bonds. The van der Waals surface area contributed by atoms with Crippen molar-refractivity contribution < 1.29 is 14.5 Å². The maximum absolute atomic E-state index is 11.8. The zero-order valence-electron chi connectivity index (χ0n) is 12.3. The molecule has 0 aromatic heterocycles. The van der Waals surface area contributed by atoms with Gasteiger partial charge in [0.05, 0.1) is 4.92 Å². The number of nitro benzene ring substituents is 1. The van der Waals surface area contributed by atoms with Gasteiger partial charge in [-0.05, 0) is 19.1 Å². The van der Waals surface area contributed by atoms with Gasteiger partial charge in [-0.1, -0.05) is 0 Å². The highest BCUT2D eigenvalue weighted by atomic mass is 16.6. The van der Waals surface area contributed by atoms with Gasteiger partial charge in [0.15, 0.2) is 0 Å². The van der Waals surface area contributed by atoms with E-state index in [1.807, 2.05) is 0 Å². The Balaban J connectivity index is 3.10. The van der Waals surface area contributed by atoms with Crippen molar-refractivity contribution in [3.8, 4) is 0 Å². The number of rotatable bonds is 5. The van der Waals surface area contributed by atoms with Crippen LogP contribution < -0.4 is 10.6 Å². The lowest BCUT2D eigenvalue weighted by Crippen LogP contribution is -2.36. The summed E-state index contributed by atoms with van der Waals surface area (Å²) in [5.74, 6) is -0.623. The van der Waals surface area contributed by atoms with E-state index in [1.165, 1.54) is 30.1 Å². The van der Waals surface area contributed by atoms with Crippen molar-refractivity contribution in [3.63, 3.8) is 0 Å². The van der Waals surface area contributed by atoms with Gasteiger partial charge in [0.2, 0.25) is 5.91 Å². The van der Waals surface area contributed by atoms with E-state index in [4.69, 9.17) is 0 Å². The minimum atomic E-state index is -0.621. The second-order valence-corrected chi connectivity index (χ2v) is 4.67. The summed E-state index contributed by atoms with van der Waals surface area (Å²) >= 11 is 0. The summed E-state index contributed by atoms with van der Waals surface area (Å²) in [6.45, 7) is 1.61. The van der Waals surface area contributed by atoms with Gasteiger partial charge in [-0.25, -0.2) is 0 Å². The third-order valence-electron chi connectivity index (χ3n) is 2.87. The molecular weight excluding hydrogens is 276 g/mol. The molecule has 1 aromatic rings. The van der Waals surface area contributed by atoms with Crippen LogP contribution in [0.15, 0.2) is 18.2 Å². The molecule has 1 rings (SSSR count). The minimum Gasteiger partial charge on any atom is -0.368 e. The Morgan fingerprint density at radius 2 is 1.95 bits per heavy atom. The molecule has 0 fully saturated rings. The molecule has 0 heterocycles. The zero-order valence-corrected chi connectivity index (χ0v) is 12.3. The van der Waals surface area contributed by atoms with Crippen molar-refractivity contribution in [2.45, 2.75) is 13.0 Å². The van der Waals surface area contributed by atoms with Crippen LogP contribution in [-0.4, -0.2) is 48.8 Å². The molecule has 0 spiro atoms. The Bertz CT molecular complexity index is 571. The number of likely N-dealkylation sites (N-methyl/N-ethyl adjacent to an activating group) is 1. The number of amides is 2. The van der Waals surface area contributed by atoms with E-state index in [1.54, 1.807) is 21.0 Å². The number of nitrogens with one attached hydrogen (secondary N) is 2. The van der Waals surface area contributed by atoms with Crippen molar-refractivity contribution >= 4 is 23.2 Å². The summed E-state index contributed by atoms with van der Waals surface area (Å²) in [6, 6.07) is 3.43. The fourth-order valence-corrected chi connectivity index (χ4v) is 1.77. The van der Waals surface area contributed by atoms with Gasteiger partial charge in [0.1, 0.15) is 11.7 Å². The number of nitrogens with zero attached hydrogens (tertiary/aromatic N) is 2. The van der Waals surface area contributed by atoms with Crippen LogP contribution in [0.25, 0.3) is 0 Å². The van der Waals surface area contributed by atoms with E-state index in [9.17, 15) is 19.7 Å². The lowest BCUT2D eigenvalue weighted by molar-refractivity contribution is -0.384. The molecule has 0 aliphatic heterocycles. The van der Waals surface area contributed by atoms with Gasteiger partial charge >= 0.3 is 0 Å². The van der Waals surface area contributed by atoms with E-state index in [-0.39, 0.29) is 22.8 Å². The quantitative estimate of drug-likeness (QED) is 0.618. The summed E-state index contributed by atoms with van der Waals surface area (Å²) in [5, 5.41) is 16.3. The second-order valence-electron chi connectivity index (χ2n) is 4.67. The van der Waals surface area contributed by atoms with E-state index in [0.717, 1.165) is 0 Å². The molecule has 0 bridgehead atoms.